The van der Waals surface area contributed by atoms with Crippen molar-refractivity contribution in [2.24, 2.45) is 0 Å². The van der Waals surface area contributed by atoms with E-state index in [4.69, 9.17) is 4.42 Å². The summed E-state index contributed by atoms with van der Waals surface area (Å²) in [5.74, 6) is 0. The van der Waals surface area contributed by atoms with Crippen molar-refractivity contribution >= 4 is 65.6 Å². The normalized spacial score (nSPS) is 11.8. The van der Waals surface area contributed by atoms with Gasteiger partial charge in [-0.25, -0.2) is 0 Å². The summed E-state index contributed by atoms with van der Waals surface area (Å²) in [6.45, 7) is 0. The Labute approximate surface area is 362 Å². The zero-order valence-electron chi connectivity index (χ0n) is 34.0. The van der Waals surface area contributed by atoms with Crippen molar-refractivity contribution in [3.63, 3.8) is 0 Å². The zero-order valence-corrected chi connectivity index (χ0v) is 34.0. The molecule has 5 nitrogen and oxygen atoms in total. The Morgan fingerprint density at radius 2 is 0.714 bits per heavy atom. The largest absolute Gasteiger partial charge is 0.456 e. The Morgan fingerprint density at radius 1 is 0.302 bits per heavy atom. The van der Waals surface area contributed by atoms with Crippen molar-refractivity contribution in [3.05, 3.63) is 219 Å². The van der Waals surface area contributed by atoms with Crippen molar-refractivity contribution in [2.75, 3.05) is 0 Å². The molecule has 5 aromatic heterocycles. The fourth-order valence-corrected chi connectivity index (χ4v) is 9.83. The number of aromatic nitrogens is 4. The second-order valence-corrected chi connectivity index (χ2v) is 16.2. The van der Waals surface area contributed by atoms with Crippen LogP contribution in [0.3, 0.4) is 0 Å². The molecule has 8 aromatic carbocycles. The highest BCUT2D eigenvalue weighted by Gasteiger charge is 2.19. The molecule has 0 saturated heterocycles. The quantitative estimate of drug-likeness (QED) is 0.168. The molecule has 0 spiro atoms. The molecule has 0 atom stereocenters. The SMILES string of the molecule is c1ccc(-c2ccccc2-c2ccc3c(c2)c2ccccc2n3-c2ccc3oc4ccc(-n5c6ccccc6c6cc(-c7ccccc7-c7ccccn7)ccc65)cc4c3c2)nc1. The van der Waals surface area contributed by atoms with Gasteiger partial charge in [-0.1, -0.05) is 109 Å². The first-order chi connectivity index (χ1) is 31.2. The number of hydrogen-bond acceptors (Lipinski definition) is 3. The first kappa shape index (κ1) is 35.2. The van der Waals surface area contributed by atoms with Crippen LogP contribution in [0.15, 0.2) is 223 Å². The molecule has 0 saturated carbocycles. The van der Waals surface area contributed by atoms with Crippen LogP contribution in [0.1, 0.15) is 0 Å². The second-order valence-electron chi connectivity index (χ2n) is 16.2. The maximum Gasteiger partial charge on any atom is 0.135 e. The molecule has 0 amide bonds. The molecule has 5 heterocycles. The van der Waals surface area contributed by atoms with Crippen molar-refractivity contribution in [1.82, 2.24) is 19.1 Å². The Morgan fingerprint density at radius 3 is 1.17 bits per heavy atom. The van der Waals surface area contributed by atoms with Crippen LogP contribution in [0.4, 0.5) is 0 Å². The van der Waals surface area contributed by atoms with E-state index in [9.17, 15) is 0 Å². The van der Waals surface area contributed by atoms with E-state index in [0.29, 0.717) is 0 Å². The van der Waals surface area contributed by atoms with Gasteiger partial charge >= 0.3 is 0 Å². The molecule has 0 unspecified atom stereocenters. The molecule has 5 heteroatoms. The molecule has 0 N–H and O–H groups in total. The summed E-state index contributed by atoms with van der Waals surface area (Å²) in [5.41, 5.74) is 17.3. The summed E-state index contributed by atoms with van der Waals surface area (Å²) in [7, 11) is 0. The van der Waals surface area contributed by atoms with Crippen LogP contribution in [0.2, 0.25) is 0 Å². The minimum atomic E-state index is 0.860. The van der Waals surface area contributed by atoms with Crippen LogP contribution in [-0.4, -0.2) is 19.1 Å². The average molecular weight is 805 g/mol. The van der Waals surface area contributed by atoms with Crippen LogP contribution < -0.4 is 0 Å². The van der Waals surface area contributed by atoms with Gasteiger partial charge in [0.15, 0.2) is 0 Å². The number of nitrogens with zero attached hydrogens (tertiary/aromatic N) is 4. The lowest BCUT2D eigenvalue weighted by Gasteiger charge is -2.11. The predicted molar refractivity (Wildman–Crippen MR) is 260 cm³/mol. The molecule has 0 fully saturated rings. The topological polar surface area (TPSA) is 48.8 Å². The van der Waals surface area contributed by atoms with E-state index >= 15 is 0 Å². The van der Waals surface area contributed by atoms with Crippen LogP contribution in [0, 0.1) is 0 Å². The number of rotatable bonds is 6. The van der Waals surface area contributed by atoms with E-state index in [1.807, 2.05) is 36.7 Å². The van der Waals surface area contributed by atoms with Gasteiger partial charge in [0.05, 0.1) is 33.5 Å². The third-order valence-electron chi connectivity index (χ3n) is 12.7. The predicted octanol–water partition coefficient (Wildman–Crippen LogP) is 15.2. The molecule has 294 valence electrons. The molecule has 0 aliphatic heterocycles. The van der Waals surface area contributed by atoms with Gasteiger partial charge in [-0.05, 0) is 119 Å². The maximum atomic E-state index is 6.54. The highest BCUT2D eigenvalue weighted by atomic mass is 16.3. The highest BCUT2D eigenvalue weighted by molar-refractivity contribution is 6.13. The number of para-hydroxylation sites is 2. The summed E-state index contributed by atoms with van der Waals surface area (Å²) in [5, 5.41) is 6.97. The summed E-state index contributed by atoms with van der Waals surface area (Å²) in [6.07, 6.45) is 3.71. The van der Waals surface area contributed by atoms with Gasteiger partial charge in [-0.3, -0.25) is 9.97 Å². The lowest BCUT2D eigenvalue weighted by Crippen LogP contribution is -1.94. The van der Waals surface area contributed by atoms with Gasteiger partial charge < -0.3 is 13.6 Å². The monoisotopic (exact) mass is 804 g/mol. The van der Waals surface area contributed by atoms with Gasteiger partial charge in [0.2, 0.25) is 0 Å². The third-order valence-corrected chi connectivity index (χ3v) is 12.7. The lowest BCUT2D eigenvalue weighted by atomic mass is 9.96. The highest BCUT2D eigenvalue weighted by Crippen LogP contribution is 2.41. The molecular formula is C58H36N4O. The number of fused-ring (bicyclic) bond motifs is 9. The molecule has 0 bridgehead atoms. The van der Waals surface area contributed by atoms with E-state index in [-0.39, 0.29) is 0 Å². The van der Waals surface area contributed by atoms with Crippen molar-refractivity contribution in [1.29, 1.82) is 0 Å². The van der Waals surface area contributed by atoms with Gasteiger partial charge in [0, 0.05) is 67.2 Å². The molecule has 13 rings (SSSR count). The minimum Gasteiger partial charge on any atom is -0.456 e. The molecular weight excluding hydrogens is 769 g/mol. The summed E-state index contributed by atoms with van der Waals surface area (Å²) >= 11 is 0. The number of benzene rings is 8. The summed E-state index contributed by atoms with van der Waals surface area (Å²) in [6, 6.07) is 73.5. The Bertz CT molecular complexity index is 3660. The summed E-state index contributed by atoms with van der Waals surface area (Å²) < 4.78 is 11.3. The Balaban J connectivity index is 0.952. The van der Waals surface area contributed by atoms with Crippen molar-refractivity contribution in [2.45, 2.75) is 0 Å². The van der Waals surface area contributed by atoms with E-state index < -0.39 is 0 Å². The van der Waals surface area contributed by atoms with Crippen LogP contribution in [0.25, 0.3) is 122 Å². The summed E-state index contributed by atoms with van der Waals surface area (Å²) in [4.78, 5) is 9.38. The van der Waals surface area contributed by atoms with Gasteiger partial charge in [0.25, 0.3) is 0 Å². The maximum absolute atomic E-state index is 6.54. The first-order valence-electron chi connectivity index (χ1n) is 21.3. The van der Waals surface area contributed by atoms with Crippen LogP contribution in [-0.2, 0) is 0 Å². The van der Waals surface area contributed by atoms with Crippen LogP contribution >= 0.6 is 0 Å². The van der Waals surface area contributed by atoms with Crippen molar-refractivity contribution < 1.29 is 4.42 Å². The van der Waals surface area contributed by atoms with E-state index in [0.717, 1.165) is 100 Å². The molecule has 0 aliphatic rings. The van der Waals surface area contributed by atoms with E-state index in [1.165, 1.54) is 21.5 Å². The second kappa shape index (κ2) is 14.0. The molecule has 0 aliphatic carbocycles. The van der Waals surface area contributed by atoms with Gasteiger partial charge in [-0.15, -0.1) is 0 Å². The first-order valence-corrected chi connectivity index (χ1v) is 21.3. The average Bonchev–Trinajstić information content (AvgIpc) is 4.01. The van der Waals surface area contributed by atoms with E-state index in [2.05, 4.69) is 201 Å². The van der Waals surface area contributed by atoms with Crippen LogP contribution in [0.5, 0.6) is 0 Å². The van der Waals surface area contributed by atoms with Gasteiger partial charge in [-0.2, -0.15) is 0 Å². The molecule has 13 aromatic rings. The molecule has 0 radical (unpaired) electrons. The minimum absolute atomic E-state index is 0.860. The third kappa shape index (κ3) is 5.57. The number of hydrogen-bond donors (Lipinski definition) is 0. The number of pyridine rings is 2. The van der Waals surface area contributed by atoms with Crippen molar-refractivity contribution in [3.8, 4) is 56.1 Å². The standard InChI is InChI=1S/C58H36N4O/c1-3-15-43(51-19-9-11-31-59-51)41(13-1)37-23-27-55-47(33-37)45-17-5-7-21-53(45)61(55)39-25-29-57-49(35-39)50-36-40(26-30-58(50)63-57)62-54-22-8-6-18-46(54)48-34-38(24-28-56(48)62)42-14-2-4-16-44(42)52-20-10-12-32-60-52/h1-36H. The van der Waals surface area contributed by atoms with E-state index in [1.54, 1.807) is 0 Å². The zero-order chi connectivity index (χ0) is 41.4. The van der Waals surface area contributed by atoms with Gasteiger partial charge in [0.1, 0.15) is 11.2 Å². The fourth-order valence-electron chi connectivity index (χ4n) is 9.83. The number of furan rings is 1. The fraction of sp³-hybridized carbons (Fsp3) is 0. The lowest BCUT2D eigenvalue weighted by molar-refractivity contribution is 0.669. The Hall–Kier alpha value is -8.54. The Kier molecular flexibility index (Phi) is 7.84. The smallest absolute Gasteiger partial charge is 0.135 e. The molecule has 63 heavy (non-hydrogen) atoms.